The predicted octanol–water partition coefficient (Wildman–Crippen LogP) is 4.68. The predicted molar refractivity (Wildman–Crippen MR) is 82.0 cm³/mol. The Labute approximate surface area is 121 Å². The highest BCUT2D eigenvalue weighted by Crippen LogP contribution is 2.33. The lowest BCUT2D eigenvalue weighted by Gasteiger charge is -2.17. The topological polar surface area (TPSA) is 38.0 Å². The normalized spacial score (nSPS) is 12.4. The van der Waals surface area contributed by atoms with Crippen LogP contribution < -0.4 is 11.1 Å². The number of halogens is 2. The van der Waals surface area contributed by atoms with E-state index in [0.29, 0.717) is 15.7 Å². The van der Waals surface area contributed by atoms with Gasteiger partial charge in [-0.1, -0.05) is 23.2 Å². The summed E-state index contributed by atoms with van der Waals surface area (Å²) >= 11 is 14.0. The first-order chi connectivity index (χ1) is 8.56. The summed E-state index contributed by atoms with van der Waals surface area (Å²) in [5.41, 5.74) is 8.30. The van der Waals surface area contributed by atoms with E-state index >= 15 is 0 Å². The maximum atomic E-state index is 6.14. The Morgan fingerprint density at radius 1 is 1.33 bits per heavy atom. The zero-order chi connectivity index (χ0) is 13.1. The van der Waals surface area contributed by atoms with E-state index in [9.17, 15) is 0 Å². The van der Waals surface area contributed by atoms with E-state index in [0.717, 1.165) is 12.1 Å². The smallest absolute Gasteiger partial charge is 0.0722 e. The second-order valence-corrected chi connectivity index (χ2v) is 5.84. The third-order valence-corrected chi connectivity index (χ3v) is 3.91. The van der Waals surface area contributed by atoms with E-state index in [1.165, 1.54) is 5.56 Å². The molecule has 0 amide bonds. The highest BCUT2D eigenvalue weighted by Gasteiger charge is 2.11. The van der Waals surface area contributed by atoms with Gasteiger partial charge in [-0.05, 0) is 47.9 Å². The molecular weight excluding hydrogens is 287 g/mol. The second-order valence-electron chi connectivity index (χ2n) is 4.24. The first-order valence-corrected chi connectivity index (χ1v) is 7.28. The number of hydrogen-bond acceptors (Lipinski definition) is 3. The summed E-state index contributed by atoms with van der Waals surface area (Å²) in [4.78, 5) is 0. The molecule has 96 valence electrons. The van der Waals surface area contributed by atoms with Crippen LogP contribution >= 0.6 is 34.5 Å². The molecule has 0 aliphatic carbocycles. The molecule has 0 aliphatic rings. The molecule has 5 heteroatoms. The molecule has 1 unspecified atom stereocenters. The number of hydrogen-bond donors (Lipinski definition) is 2. The third kappa shape index (κ3) is 3.31. The first kappa shape index (κ1) is 13.5. The van der Waals surface area contributed by atoms with Crippen molar-refractivity contribution in [2.24, 2.45) is 0 Å². The molecular formula is C13H14Cl2N2S. The Balaban J connectivity index is 2.09. The van der Waals surface area contributed by atoms with Crippen LogP contribution in [0.4, 0.5) is 11.4 Å². The number of nitrogens with one attached hydrogen (secondary N) is 1. The SMILES string of the molecule is CC(Cc1ccsc1)Nc1c(Cl)cc(N)cc1Cl. The molecule has 0 bridgehead atoms. The van der Waals surface area contributed by atoms with Gasteiger partial charge >= 0.3 is 0 Å². The number of thiophene rings is 1. The Hall–Kier alpha value is -0.900. The van der Waals surface area contributed by atoms with Crippen LogP contribution in [0.2, 0.25) is 10.0 Å². The summed E-state index contributed by atoms with van der Waals surface area (Å²) in [7, 11) is 0. The Kier molecular flexibility index (Phi) is 4.38. The van der Waals surface area contributed by atoms with Crippen molar-refractivity contribution in [2.45, 2.75) is 19.4 Å². The lowest BCUT2D eigenvalue weighted by Crippen LogP contribution is -2.18. The fourth-order valence-corrected chi connectivity index (χ4v) is 3.08. The molecule has 1 aromatic carbocycles. The van der Waals surface area contributed by atoms with Gasteiger partial charge in [-0.3, -0.25) is 0 Å². The highest BCUT2D eigenvalue weighted by molar-refractivity contribution is 7.07. The highest BCUT2D eigenvalue weighted by atomic mass is 35.5. The maximum Gasteiger partial charge on any atom is 0.0722 e. The molecule has 1 heterocycles. The van der Waals surface area contributed by atoms with Crippen molar-refractivity contribution in [3.63, 3.8) is 0 Å². The van der Waals surface area contributed by atoms with Gasteiger partial charge in [0.15, 0.2) is 0 Å². The number of benzene rings is 1. The molecule has 0 saturated carbocycles. The van der Waals surface area contributed by atoms with E-state index in [4.69, 9.17) is 28.9 Å². The molecule has 0 spiro atoms. The van der Waals surface area contributed by atoms with Crippen molar-refractivity contribution < 1.29 is 0 Å². The summed E-state index contributed by atoms with van der Waals surface area (Å²) in [5, 5.41) is 8.65. The van der Waals surface area contributed by atoms with Crippen LogP contribution in [-0.2, 0) is 6.42 Å². The van der Waals surface area contributed by atoms with Gasteiger partial charge in [0.2, 0.25) is 0 Å². The fraction of sp³-hybridized carbons (Fsp3) is 0.231. The molecule has 1 atom stereocenters. The van der Waals surface area contributed by atoms with Crippen LogP contribution in [0.3, 0.4) is 0 Å². The average Bonchev–Trinajstić information content (AvgIpc) is 2.76. The fourth-order valence-electron chi connectivity index (χ4n) is 1.79. The van der Waals surface area contributed by atoms with Crippen molar-refractivity contribution in [1.82, 2.24) is 0 Å². The Bertz CT molecular complexity index is 503. The number of nitrogen functional groups attached to an aromatic ring is 1. The van der Waals surface area contributed by atoms with Crippen LogP contribution in [-0.4, -0.2) is 6.04 Å². The van der Waals surface area contributed by atoms with E-state index in [1.54, 1.807) is 23.5 Å². The molecule has 0 radical (unpaired) electrons. The largest absolute Gasteiger partial charge is 0.399 e. The van der Waals surface area contributed by atoms with Gasteiger partial charge in [-0.2, -0.15) is 11.3 Å². The summed E-state index contributed by atoms with van der Waals surface area (Å²) in [6, 6.07) is 5.77. The quantitative estimate of drug-likeness (QED) is 0.805. The molecule has 2 rings (SSSR count). The molecule has 3 N–H and O–H groups in total. The van der Waals surface area contributed by atoms with E-state index in [-0.39, 0.29) is 6.04 Å². The maximum absolute atomic E-state index is 6.14. The van der Waals surface area contributed by atoms with Gasteiger partial charge in [-0.15, -0.1) is 0 Å². The lowest BCUT2D eigenvalue weighted by atomic mass is 10.1. The Morgan fingerprint density at radius 2 is 2.00 bits per heavy atom. The molecule has 18 heavy (non-hydrogen) atoms. The van der Waals surface area contributed by atoms with E-state index in [1.807, 2.05) is 0 Å². The molecule has 1 aromatic heterocycles. The van der Waals surface area contributed by atoms with Crippen LogP contribution in [0.25, 0.3) is 0 Å². The second kappa shape index (κ2) is 5.83. The van der Waals surface area contributed by atoms with Crippen molar-refractivity contribution in [2.75, 3.05) is 11.1 Å². The van der Waals surface area contributed by atoms with Crippen molar-refractivity contribution in [3.8, 4) is 0 Å². The van der Waals surface area contributed by atoms with Gasteiger partial charge < -0.3 is 11.1 Å². The summed E-state index contributed by atoms with van der Waals surface area (Å²) in [5.74, 6) is 0. The van der Waals surface area contributed by atoms with Gasteiger partial charge in [0, 0.05) is 11.7 Å². The first-order valence-electron chi connectivity index (χ1n) is 5.58. The van der Waals surface area contributed by atoms with Gasteiger partial charge in [0.1, 0.15) is 0 Å². The summed E-state index contributed by atoms with van der Waals surface area (Å²) in [6.07, 6.45) is 0.931. The van der Waals surface area contributed by atoms with Crippen molar-refractivity contribution >= 4 is 45.9 Å². The zero-order valence-corrected chi connectivity index (χ0v) is 12.2. The number of nitrogens with two attached hydrogens (primary N) is 1. The van der Waals surface area contributed by atoms with Gasteiger partial charge in [0.25, 0.3) is 0 Å². The standard InChI is InChI=1S/C13H14Cl2N2S/c1-8(4-9-2-3-18-7-9)17-13-11(14)5-10(16)6-12(13)15/h2-3,5-8,17H,4,16H2,1H3. The zero-order valence-electron chi connectivity index (χ0n) is 9.91. The van der Waals surface area contributed by atoms with E-state index in [2.05, 4.69) is 29.1 Å². The minimum absolute atomic E-state index is 0.248. The number of rotatable bonds is 4. The molecule has 0 aliphatic heterocycles. The molecule has 2 aromatic rings. The molecule has 2 nitrogen and oxygen atoms in total. The van der Waals surface area contributed by atoms with Gasteiger partial charge in [0.05, 0.1) is 15.7 Å². The summed E-state index contributed by atoms with van der Waals surface area (Å²) < 4.78 is 0. The molecule has 0 saturated heterocycles. The lowest BCUT2D eigenvalue weighted by molar-refractivity contribution is 0.793. The van der Waals surface area contributed by atoms with Crippen molar-refractivity contribution in [1.29, 1.82) is 0 Å². The number of anilines is 2. The Morgan fingerprint density at radius 3 is 2.56 bits per heavy atom. The van der Waals surface area contributed by atoms with Crippen LogP contribution in [0.1, 0.15) is 12.5 Å². The minimum Gasteiger partial charge on any atom is -0.399 e. The van der Waals surface area contributed by atoms with Crippen LogP contribution in [0.5, 0.6) is 0 Å². The van der Waals surface area contributed by atoms with Gasteiger partial charge in [-0.25, -0.2) is 0 Å². The van der Waals surface area contributed by atoms with Crippen LogP contribution in [0.15, 0.2) is 29.0 Å². The minimum atomic E-state index is 0.248. The monoisotopic (exact) mass is 300 g/mol. The third-order valence-electron chi connectivity index (χ3n) is 2.58. The van der Waals surface area contributed by atoms with E-state index < -0.39 is 0 Å². The van der Waals surface area contributed by atoms with Crippen molar-refractivity contribution in [3.05, 3.63) is 44.6 Å². The summed E-state index contributed by atoms with van der Waals surface area (Å²) in [6.45, 7) is 2.10. The van der Waals surface area contributed by atoms with Crippen LogP contribution in [0, 0.1) is 0 Å². The molecule has 0 fully saturated rings. The average molecular weight is 301 g/mol.